The molecule has 0 aliphatic rings. The second-order valence-electron chi connectivity index (χ2n) is 8.54. The Morgan fingerprint density at radius 2 is 1.44 bits per heavy atom. The van der Waals surface area contributed by atoms with Crippen molar-refractivity contribution in [3.05, 3.63) is 135 Å². The fourth-order valence-corrected chi connectivity index (χ4v) is 4.44. The lowest BCUT2D eigenvalue weighted by Crippen LogP contribution is -2.31. The predicted octanol–water partition coefficient (Wildman–Crippen LogP) is 7.26. The van der Waals surface area contributed by atoms with E-state index in [-0.39, 0.29) is 24.3 Å². The Labute approximate surface area is 221 Å². The van der Waals surface area contributed by atoms with E-state index in [1.807, 2.05) is 91.9 Å². The van der Waals surface area contributed by atoms with Gasteiger partial charge in [0.15, 0.2) is 0 Å². The number of carbonyl (C=O) groups excluding carboxylic acids is 2. The zero-order valence-electron chi connectivity index (χ0n) is 19.8. The molecule has 2 amide bonds. The molecule has 4 aromatic rings. The molecule has 0 aromatic heterocycles. The molecule has 0 bridgehead atoms. The van der Waals surface area contributed by atoms with Gasteiger partial charge in [0.1, 0.15) is 0 Å². The number of hydrogen-bond acceptors (Lipinski definition) is 2. The van der Waals surface area contributed by atoms with Gasteiger partial charge in [0.2, 0.25) is 5.91 Å². The molecule has 1 atom stereocenters. The van der Waals surface area contributed by atoms with Crippen LogP contribution in [0.3, 0.4) is 0 Å². The molecule has 6 heteroatoms. The van der Waals surface area contributed by atoms with E-state index in [4.69, 9.17) is 23.2 Å². The molecule has 0 heterocycles. The van der Waals surface area contributed by atoms with Crippen molar-refractivity contribution in [1.29, 1.82) is 0 Å². The van der Waals surface area contributed by atoms with Crippen LogP contribution in [0.4, 0.5) is 5.69 Å². The fraction of sp³-hybridized carbons (Fsp3) is 0.133. The molecule has 0 radical (unpaired) electrons. The number of carbonyl (C=O) groups is 2. The molecule has 36 heavy (non-hydrogen) atoms. The number of rotatable bonds is 8. The summed E-state index contributed by atoms with van der Waals surface area (Å²) in [5, 5.41) is 3.80. The average Bonchev–Trinajstić information content (AvgIpc) is 2.88. The van der Waals surface area contributed by atoms with Crippen LogP contribution in [-0.4, -0.2) is 11.8 Å². The third-order valence-electron chi connectivity index (χ3n) is 5.88. The Kier molecular flexibility index (Phi) is 8.42. The molecule has 0 aliphatic carbocycles. The number of nitrogens with one attached hydrogen (secondary N) is 1. The van der Waals surface area contributed by atoms with E-state index in [1.165, 1.54) is 0 Å². The average molecular weight is 517 g/mol. The topological polar surface area (TPSA) is 49.4 Å². The first-order valence-electron chi connectivity index (χ1n) is 11.6. The third-order valence-corrected chi connectivity index (χ3v) is 6.43. The Balaban J connectivity index is 1.52. The molecule has 1 N–H and O–H groups in total. The molecule has 0 aliphatic heterocycles. The van der Waals surface area contributed by atoms with Crippen LogP contribution in [-0.2, 0) is 17.8 Å². The van der Waals surface area contributed by atoms with Gasteiger partial charge in [0.25, 0.3) is 5.91 Å². The van der Waals surface area contributed by atoms with E-state index in [2.05, 4.69) is 5.32 Å². The first-order chi connectivity index (χ1) is 17.4. The molecule has 4 rings (SSSR count). The molecule has 4 aromatic carbocycles. The molecular formula is C30H26Cl2N2O2. The maximum atomic E-state index is 13.5. The van der Waals surface area contributed by atoms with Gasteiger partial charge < -0.3 is 10.2 Å². The van der Waals surface area contributed by atoms with Gasteiger partial charge in [-0.2, -0.15) is 0 Å². The summed E-state index contributed by atoms with van der Waals surface area (Å²) in [5.74, 6) is -0.299. The van der Waals surface area contributed by atoms with Crippen LogP contribution in [0.25, 0.3) is 0 Å². The van der Waals surface area contributed by atoms with Crippen molar-refractivity contribution in [2.75, 3.05) is 4.90 Å². The van der Waals surface area contributed by atoms with Gasteiger partial charge in [-0.3, -0.25) is 9.59 Å². The Hall–Kier alpha value is -3.60. The highest BCUT2D eigenvalue weighted by Crippen LogP contribution is 2.26. The van der Waals surface area contributed by atoms with E-state index < -0.39 is 0 Å². The maximum Gasteiger partial charge on any atom is 0.260 e. The van der Waals surface area contributed by atoms with Gasteiger partial charge in [-0.15, -0.1) is 0 Å². The highest BCUT2D eigenvalue weighted by atomic mass is 35.5. The SMILES string of the molecule is CC(NC(=O)Cc1ccc(N(Cc2ccccc2)C(=O)c2ccc(Cl)cc2Cl)cc1)c1ccccc1. The van der Waals surface area contributed by atoms with Crippen molar-refractivity contribution in [3.8, 4) is 0 Å². The van der Waals surface area contributed by atoms with Gasteiger partial charge >= 0.3 is 0 Å². The first-order valence-corrected chi connectivity index (χ1v) is 12.4. The minimum absolute atomic E-state index is 0.0655. The van der Waals surface area contributed by atoms with E-state index in [1.54, 1.807) is 23.1 Å². The predicted molar refractivity (Wildman–Crippen MR) is 147 cm³/mol. The van der Waals surface area contributed by atoms with Gasteiger partial charge in [-0.1, -0.05) is 96.0 Å². The standard InChI is InChI=1S/C30H26Cl2N2O2/c1-21(24-10-6-3-7-11-24)33-29(35)18-22-12-15-26(16-13-22)34(20-23-8-4-2-5-9-23)30(36)27-17-14-25(31)19-28(27)32/h2-17,19,21H,18,20H2,1H3,(H,33,35). The fourth-order valence-electron chi connectivity index (χ4n) is 3.95. The highest BCUT2D eigenvalue weighted by molar-refractivity contribution is 6.37. The van der Waals surface area contributed by atoms with Crippen molar-refractivity contribution in [3.63, 3.8) is 0 Å². The zero-order valence-corrected chi connectivity index (χ0v) is 21.3. The summed E-state index contributed by atoms with van der Waals surface area (Å²) in [7, 11) is 0. The third kappa shape index (κ3) is 6.54. The summed E-state index contributed by atoms with van der Waals surface area (Å²) in [6.07, 6.45) is 0.243. The van der Waals surface area contributed by atoms with Crippen molar-refractivity contribution in [1.82, 2.24) is 5.32 Å². The Morgan fingerprint density at radius 1 is 0.806 bits per heavy atom. The molecule has 1 unspecified atom stereocenters. The number of amides is 2. The monoisotopic (exact) mass is 516 g/mol. The summed E-state index contributed by atoms with van der Waals surface area (Å²) < 4.78 is 0. The summed E-state index contributed by atoms with van der Waals surface area (Å²) in [4.78, 5) is 27.8. The van der Waals surface area contributed by atoms with Crippen LogP contribution in [0, 0.1) is 0 Å². The Bertz CT molecular complexity index is 1330. The van der Waals surface area contributed by atoms with Crippen molar-refractivity contribution < 1.29 is 9.59 Å². The summed E-state index contributed by atoms with van der Waals surface area (Å²) >= 11 is 12.4. The molecule has 182 valence electrons. The lowest BCUT2D eigenvalue weighted by Gasteiger charge is -2.24. The largest absolute Gasteiger partial charge is 0.349 e. The van der Waals surface area contributed by atoms with Crippen LogP contribution in [0.15, 0.2) is 103 Å². The zero-order chi connectivity index (χ0) is 25.5. The minimum atomic E-state index is -0.234. The van der Waals surface area contributed by atoms with Crippen molar-refractivity contribution in [2.45, 2.75) is 25.9 Å². The second-order valence-corrected chi connectivity index (χ2v) is 9.39. The van der Waals surface area contributed by atoms with E-state index in [9.17, 15) is 9.59 Å². The van der Waals surface area contributed by atoms with Crippen LogP contribution in [0.5, 0.6) is 0 Å². The first kappa shape index (κ1) is 25.5. The van der Waals surface area contributed by atoms with Crippen LogP contribution >= 0.6 is 23.2 Å². The van der Waals surface area contributed by atoms with Gasteiger partial charge in [-0.05, 0) is 53.9 Å². The van der Waals surface area contributed by atoms with Crippen LogP contribution < -0.4 is 10.2 Å². The van der Waals surface area contributed by atoms with Crippen molar-refractivity contribution >= 4 is 40.7 Å². The Morgan fingerprint density at radius 3 is 2.08 bits per heavy atom. The summed E-state index contributed by atoms with van der Waals surface area (Å²) in [5.41, 5.74) is 3.96. The molecule has 0 saturated heterocycles. The number of anilines is 1. The highest BCUT2D eigenvalue weighted by Gasteiger charge is 2.21. The number of hydrogen-bond donors (Lipinski definition) is 1. The van der Waals surface area contributed by atoms with E-state index >= 15 is 0 Å². The molecular weight excluding hydrogens is 491 g/mol. The number of nitrogens with zero attached hydrogens (tertiary/aromatic N) is 1. The van der Waals surface area contributed by atoms with E-state index in [0.29, 0.717) is 27.8 Å². The van der Waals surface area contributed by atoms with E-state index in [0.717, 1.165) is 16.7 Å². The second kappa shape index (κ2) is 11.9. The number of benzene rings is 4. The quantitative estimate of drug-likeness (QED) is 0.268. The molecule has 0 spiro atoms. The molecule has 4 nitrogen and oxygen atoms in total. The maximum absolute atomic E-state index is 13.5. The van der Waals surface area contributed by atoms with Gasteiger partial charge in [0.05, 0.1) is 29.6 Å². The molecule has 0 fully saturated rings. The van der Waals surface area contributed by atoms with Crippen molar-refractivity contribution in [2.24, 2.45) is 0 Å². The minimum Gasteiger partial charge on any atom is -0.349 e. The summed E-state index contributed by atoms with van der Waals surface area (Å²) in [6, 6.07) is 31.8. The smallest absolute Gasteiger partial charge is 0.260 e. The molecule has 0 saturated carbocycles. The normalized spacial score (nSPS) is 11.5. The van der Waals surface area contributed by atoms with Gasteiger partial charge in [-0.25, -0.2) is 0 Å². The van der Waals surface area contributed by atoms with Crippen LogP contribution in [0.1, 0.15) is 40.0 Å². The van der Waals surface area contributed by atoms with Gasteiger partial charge in [0, 0.05) is 10.7 Å². The lowest BCUT2D eigenvalue weighted by atomic mass is 10.1. The van der Waals surface area contributed by atoms with Crippen LogP contribution in [0.2, 0.25) is 10.0 Å². The number of halogens is 2. The lowest BCUT2D eigenvalue weighted by molar-refractivity contribution is -0.121. The summed E-state index contributed by atoms with van der Waals surface area (Å²) in [6.45, 7) is 2.33.